The van der Waals surface area contributed by atoms with Crippen molar-refractivity contribution in [2.24, 2.45) is 0 Å². The smallest absolute Gasteiger partial charge is 0.336 e. The summed E-state index contributed by atoms with van der Waals surface area (Å²) >= 11 is 0. The van der Waals surface area contributed by atoms with Gasteiger partial charge in [0.2, 0.25) is 0 Å². The maximum absolute atomic E-state index is 11.8. The number of hydrogen-bond acceptors (Lipinski definition) is 4. The monoisotopic (exact) mass is 312 g/mol. The molecular weight excluding hydrogens is 292 g/mol. The molecule has 120 valence electrons. The molecule has 1 aromatic heterocycles. The van der Waals surface area contributed by atoms with Crippen LogP contribution in [0.1, 0.15) is 45.7 Å². The van der Waals surface area contributed by atoms with Gasteiger partial charge in [-0.1, -0.05) is 13.8 Å². The molecule has 0 N–H and O–H groups in total. The average molecular weight is 312 g/mol. The molecule has 23 heavy (non-hydrogen) atoms. The molecule has 4 rings (SSSR count). The average Bonchev–Trinajstić information content (AvgIpc) is 2.68. The highest BCUT2D eigenvalue weighted by Crippen LogP contribution is 2.53. The molecule has 0 saturated heterocycles. The fraction of sp³-hybridized carbons (Fsp3) is 0.421. The molecule has 2 aliphatic heterocycles. The molecule has 2 aromatic rings. The summed E-state index contributed by atoms with van der Waals surface area (Å²) in [5, 5.41) is 0.821. The summed E-state index contributed by atoms with van der Waals surface area (Å²) in [6.07, 6.45) is 4.07. The van der Waals surface area contributed by atoms with Gasteiger partial charge in [-0.3, -0.25) is 0 Å². The zero-order valence-electron chi connectivity index (χ0n) is 14.0. The van der Waals surface area contributed by atoms with Crippen LogP contribution in [-0.2, 0) is 5.41 Å². The van der Waals surface area contributed by atoms with E-state index in [4.69, 9.17) is 13.9 Å². The molecule has 0 radical (unpaired) electrons. The third kappa shape index (κ3) is 1.87. The fourth-order valence-electron chi connectivity index (χ4n) is 3.34. The number of benzene rings is 1. The molecule has 4 nitrogen and oxygen atoms in total. The van der Waals surface area contributed by atoms with Crippen LogP contribution < -0.4 is 15.1 Å². The van der Waals surface area contributed by atoms with E-state index in [0.29, 0.717) is 5.58 Å². The summed E-state index contributed by atoms with van der Waals surface area (Å²) in [5.74, 6) is 1.49. The maximum Gasteiger partial charge on any atom is 0.336 e. The summed E-state index contributed by atoms with van der Waals surface area (Å²) in [6, 6.07) is 3.23. The van der Waals surface area contributed by atoms with Crippen LogP contribution in [0.15, 0.2) is 27.4 Å². The van der Waals surface area contributed by atoms with Crippen LogP contribution in [0, 0.1) is 0 Å². The second-order valence-electron chi connectivity index (χ2n) is 7.46. The summed E-state index contributed by atoms with van der Waals surface area (Å²) in [4.78, 5) is 11.8. The van der Waals surface area contributed by atoms with Gasteiger partial charge in [-0.25, -0.2) is 4.79 Å². The highest BCUT2D eigenvalue weighted by atomic mass is 16.5. The van der Waals surface area contributed by atoms with Gasteiger partial charge in [0.1, 0.15) is 28.8 Å². The standard InChI is InChI=1S/C19H20O4/c1-10-19(4,5)14-16(21-10)12-8-9-18(2,3)23-15(12)11-6-7-13(20)22-17(11)14/h6-10H,1-5H3. The minimum atomic E-state index is -0.413. The highest BCUT2D eigenvalue weighted by Gasteiger charge is 2.44. The van der Waals surface area contributed by atoms with Crippen molar-refractivity contribution in [3.63, 3.8) is 0 Å². The Balaban J connectivity index is 2.18. The van der Waals surface area contributed by atoms with E-state index in [9.17, 15) is 4.79 Å². The van der Waals surface area contributed by atoms with E-state index in [1.807, 2.05) is 26.8 Å². The predicted octanol–water partition coefficient (Wildman–Crippen LogP) is 4.04. The Kier molecular flexibility index (Phi) is 2.62. The van der Waals surface area contributed by atoms with Gasteiger partial charge in [0.05, 0.1) is 10.9 Å². The van der Waals surface area contributed by atoms with Gasteiger partial charge >= 0.3 is 5.63 Å². The lowest BCUT2D eigenvalue weighted by Gasteiger charge is -2.30. The highest BCUT2D eigenvalue weighted by molar-refractivity contribution is 5.95. The largest absolute Gasteiger partial charge is 0.489 e. The number of hydrogen-bond donors (Lipinski definition) is 0. The van der Waals surface area contributed by atoms with Crippen LogP contribution >= 0.6 is 0 Å². The van der Waals surface area contributed by atoms with E-state index < -0.39 is 5.60 Å². The first kappa shape index (κ1) is 14.4. The third-order valence-electron chi connectivity index (χ3n) is 4.99. The van der Waals surface area contributed by atoms with E-state index in [2.05, 4.69) is 19.9 Å². The summed E-state index contributed by atoms with van der Waals surface area (Å²) in [7, 11) is 0. The Hall–Kier alpha value is -2.23. The Labute approximate surface area is 134 Å². The lowest BCUT2D eigenvalue weighted by Crippen LogP contribution is -2.29. The Morgan fingerprint density at radius 2 is 1.83 bits per heavy atom. The van der Waals surface area contributed by atoms with Gasteiger partial charge in [0.15, 0.2) is 0 Å². The van der Waals surface area contributed by atoms with Crippen LogP contribution in [0.5, 0.6) is 11.5 Å². The number of fused-ring (bicyclic) bond motifs is 6. The first-order valence-electron chi connectivity index (χ1n) is 7.90. The molecule has 0 aliphatic carbocycles. The zero-order valence-corrected chi connectivity index (χ0v) is 14.0. The van der Waals surface area contributed by atoms with Crippen molar-refractivity contribution < 1.29 is 13.9 Å². The number of ether oxygens (including phenoxy) is 2. The molecule has 3 heterocycles. The molecule has 1 aromatic carbocycles. The second-order valence-corrected chi connectivity index (χ2v) is 7.46. The first-order valence-corrected chi connectivity index (χ1v) is 7.90. The van der Waals surface area contributed by atoms with Gasteiger partial charge in [0.25, 0.3) is 0 Å². The second kappa shape index (κ2) is 4.19. The minimum absolute atomic E-state index is 0.0129. The van der Waals surface area contributed by atoms with Crippen molar-refractivity contribution in [1.29, 1.82) is 0 Å². The molecule has 0 amide bonds. The van der Waals surface area contributed by atoms with Crippen molar-refractivity contribution >= 4 is 17.0 Å². The first-order chi connectivity index (χ1) is 10.7. The normalized spacial score (nSPS) is 23.1. The van der Waals surface area contributed by atoms with Crippen molar-refractivity contribution in [3.8, 4) is 11.5 Å². The quantitative estimate of drug-likeness (QED) is 0.689. The summed E-state index contributed by atoms with van der Waals surface area (Å²) in [6.45, 7) is 10.3. The van der Waals surface area contributed by atoms with Gasteiger partial charge in [-0.15, -0.1) is 0 Å². The fourth-order valence-corrected chi connectivity index (χ4v) is 3.34. The molecule has 0 bridgehead atoms. The van der Waals surface area contributed by atoms with Crippen LogP contribution in [0.2, 0.25) is 0 Å². The third-order valence-corrected chi connectivity index (χ3v) is 4.99. The van der Waals surface area contributed by atoms with Crippen molar-refractivity contribution in [3.05, 3.63) is 39.8 Å². The summed E-state index contributed by atoms with van der Waals surface area (Å²) in [5.41, 5.74) is 1.43. The van der Waals surface area contributed by atoms with Crippen LogP contribution in [0.4, 0.5) is 0 Å². The Morgan fingerprint density at radius 1 is 1.09 bits per heavy atom. The Morgan fingerprint density at radius 3 is 2.57 bits per heavy atom. The topological polar surface area (TPSA) is 48.7 Å². The van der Waals surface area contributed by atoms with E-state index in [-0.39, 0.29) is 17.1 Å². The van der Waals surface area contributed by atoms with Crippen molar-refractivity contribution in [2.75, 3.05) is 0 Å². The van der Waals surface area contributed by atoms with Crippen molar-refractivity contribution in [1.82, 2.24) is 0 Å². The molecule has 1 unspecified atom stereocenters. The van der Waals surface area contributed by atoms with E-state index in [1.165, 1.54) is 6.07 Å². The Bertz CT molecular complexity index is 915. The van der Waals surface area contributed by atoms with Gasteiger partial charge in [-0.05, 0) is 39.0 Å². The molecular formula is C19H20O4. The van der Waals surface area contributed by atoms with E-state index >= 15 is 0 Å². The maximum atomic E-state index is 11.8. The van der Waals surface area contributed by atoms with Gasteiger partial charge < -0.3 is 13.9 Å². The summed E-state index contributed by atoms with van der Waals surface area (Å²) < 4.78 is 17.9. The molecule has 0 saturated carbocycles. The lowest BCUT2D eigenvalue weighted by molar-refractivity contribution is 0.158. The SMILES string of the molecule is CC1Oc2c3c(c4ccc(=O)oc4c2C1(C)C)OC(C)(C)C=C3. The molecule has 1 atom stereocenters. The molecule has 4 heteroatoms. The molecule has 0 fully saturated rings. The van der Waals surface area contributed by atoms with E-state index in [0.717, 1.165) is 28.0 Å². The van der Waals surface area contributed by atoms with Crippen LogP contribution in [0.25, 0.3) is 17.0 Å². The number of rotatable bonds is 0. The van der Waals surface area contributed by atoms with Crippen LogP contribution in [-0.4, -0.2) is 11.7 Å². The molecule has 2 aliphatic rings. The zero-order chi connectivity index (χ0) is 16.6. The molecule has 0 spiro atoms. The van der Waals surface area contributed by atoms with Crippen molar-refractivity contribution in [2.45, 2.75) is 51.7 Å². The van der Waals surface area contributed by atoms with Crippen LogP contribution in [0.3, 0.4) is 0 Å². The van der Waals surface area contributed by atoms with E-state index in [1.54, 1.807) is 6.07 Å². The van der Waals surface area contributed by atoms with Gasteiger partial charge in [-0.2, -0.15) is 0 Å². The van der Waals surface area contributed by atoms with Gasteiger partial charge in [0, 0.05) is 17.0 Å². The lowest BCUT2D eigenvalue weighted by atomic mass is 9.79. The predicted molar refractivity (Wildman–Crippen MR) is 89.3 cm³/mol. The minimum Gasteiger partial charge on any atom is -0.489 e.